The third-order valence-corrected chi connectivity index (χ3v) is 2.88. The van der Waals surface area contributed by atoms with Crippen molar-refractivity contribution in [3.63, 3.8) is 0 Å². The SMILES string of the molecule is CCc1cc(OC)c(Cl)cc1C(N)CC(=O)O. The van der Waals surface area contributed by atoms with Crippen LogP contribution < -0.4 is 10.5 Å². The second-order valence-corrected chi connectivity index (χ2v) is 4.15. The number of carboxylic acids is 1. The number of benzene rings is 1. The molecule has 4 nitrogen and oxygen atoms in total. The highest BCUT2D eigenvalue weighted by molar-refractivity contribution is 6.32. The Morgan fingerprint density at radius 3 is 2.71 bits per heavy atom. The van der Waals surface area contributed by atoms with E-state index in [4.69, 9.17) is 27.2 Å². The molecule has 0 fully saturated rings. The van der Waals surface area contributed by atoms with Gasteiger partial charge in [-0.15, -0.1) is 0 Å². The summed E-state index contributed by atoms with van der Waals surface area (Å²) < 4.78 is 5.11. The summed E-state index contributed by atoms with van der Waals surface area (Å²) in [5.41, 5.74) is 7.58. The van der Waals surface area contributed by atoms with Crippen LogP contribution in [0.1, 0.15) is 30.5 Å². The molecule has 1 rings (SSSR count). The van der Waals surface area contributed by atoms with Gasteiger partial charge in [-0.3, -0.25) is 4.79 Å². The molecule has 0 aromatic heterocycles. The maximum Gasteiger partial charge on any atom is 0.305 e. The lowest BCUT2D eigenvalue weighted by molar-refractivity contribution is -0.137. The summed E-state index contributed by atoms with van der Waals surface area (Å²) in [6.07, 6.45) is 0.631. The van der Waals surface area contributed by atoms with Gasteiger partial charge in [0.2, 0.25) is 0 Å². The summed E-state index contributed by atoms with van der Waals surface area (Å²) in [5.74, 6) is -0.346. The predicted molar refractivity (Wildman–Crippen MR) is 66.6 cm³/mol. The van der Waals surface area contributed by atoms with E-state index in [0.29, 0.717) is 10.8 Å². The second-order valence-electron chi connectivity index (χ2n) is 3.74. The van der Waals surface area contributed by atoms with Gasteiger partial charge in [-0.05, 0) is 29.7 Å². The van der Waals surface area contributed by atoms with Crippen LogP contribution in [-0.2, 0) is 11.2 Å². The van der Waals surface area contributed by atoms with Gasteiger partial charge in [-0.25, -0.2) is 0 Å². The lowest BCUT2D eigenvalue weighted by atomic mass is 9.96. The Hall–Kier alpha value is -1.26. The number of aryl methyl sites for hydroxylation is 1. The third-order valence-electron chi connectivity index (χ3n) is 2.59. The molecule has 1 unspecified atom stereocenters. The van der Waals surface area contributed by atoms with Crippen LogP contribution in [0.15, 0.2) is 12.1 Å². The van der Waals surface area contributed by atoms with E-state index in [9.17, 15) is 4.79 Å². The van der Waals surface area contributed by atoms with E-state index in [1.54, 1.807) is 12.1 Å². The Labute approximate surface area is 105 Å². The molecule has 1 atom stereocenters. The summed E-state index contributed by atoms with van der Waals surface area (Å²) in [5, 5.41) is 9.19. The predicted octanol–water partition coefficient (Wildman–Crippen LogP) is 2.39. The Bertz CT molecular complexity index is 420. The van der Waals surface area contributed by atoms with Crippen LogP contribution in [0.3, 0.4) is 0 Å². The fraction of sp³-hybridized carbons (Fsp3) is 0.417. The van der Waals surface area contributed by atoms with Gasteiger partial charge in [-0.1, -0.05) is 18.5 Å². The van der Waals surface area contributed by atoms with E-state index in [2.05, 4.69) is 0 Å². The standard InChI is InChI=1S/C12H16ClNO3/c1-3-7-4-11(17-2)9(13)5-8(7)10(14)6-12(15)16/h4-5,10H,3,6,14H2,1-2H3,(H,15,16). The van der Waals surface area contributed by atoms with Crippen molar-refractivity contribution >= 4 is 17.6 Å². The van der Waals surface area contributed by atoms with Crippen molar-refractivity contribution in [2.24, 2.45) is 5.73 Å². The summed E-state index contributed by atoms with van der Waals surface area (Å²) in [6.45, 7) is 1.97. The number of ether oxygens (including phenoxy) is 1. The van der Waals surface area contributed by atoms with Crippen molar-refractivity contribution in [3.05, 3.63) is 28.3 Å². The van der Waals surface area contributed by atoms with Crippen LogP contribution in [0.25, 0.3) is 0 Å². The smallest absolute Gasteiger partial charge is 0.305 e. The van der Waals surface area contributed by atoms with Crippen LogP contribution in [0.4, 0.5) is 0 Å². The monoisotopic (exact) mass is 257 g/mol. The zero-order valence-corrected chi connectivity index (χ0v) is 10.6. The first-order valence-electron chi connectivity index (χ1n) is 5.33. The van der Waals surface area contributed by atoms with Crippen molar-refractivity contribution in [1.82, 2.24) is 0 Å². The van der Waals surface area contributed by atoms with Gasteiger partial charge in [-0.2, -0.15) is 0 Å². The molecule has 1 aromatic carbocycles. The zero-order chi connectivity index (χ0) is 13.0. The minimum absolute atomic E-state index is 0.115. The highest BCUT2D eigenvalue weighted by Gasteiger charge is 2.16. The molecule has 0 heterocycles. The van der Waals surface area contributed by atoms with Crippen molar-refractivity contribution in [1.29, 1.82) is 0 Å². The lowest BCUT2D eigenvalue weighted by Crippen LogP contribution is -2.16. The fourth-order valence-electron chi connectivity index (χ4n) is 1.72. The number of carboxylic acid groups (broad SMARTS) is 1. The molecule has 0 spiro atoms. The molecule has 0 aliphatic rings. The first kappa shape index (κ1) is 13.8. The zero-order valence-electron chi connectivity index (χ0n) is 9.87. The summed E-state index contributed by atoms with van der Waals surface area (Å²) >= 11 is 6.01. The molecule has 0 saturated heterocycles. The van der Waals surface area contributed by atoms with Crippen LogP contribution in [0.2, 0.25) is 5.02 Å². The minimum Gasteiger partial charge on any atom is -0.495 e. The molecule has 5 heteroatoms. The maximum atomic E-state index is 10.7. The van der Waals surface area contributed by atoms with Gasteiger partial charge in [0.25, 0.3) is 0 Å². The van der Waals surface area contributed by atoms with Crippen LogP contribution in [-0.4, -0.2) is 18.2 Å². The Kier molecular flexibility index (Phi) is 4.78. The summed E-state index contributed by atoms with van der Waals surface area (Å²) in [6, 6.07) is 2.94. The molecule has 0 aliphatic carbocycles. The highest BCUT2D eigenvalue weighted by Crippen LogP contribution is 2.31. The molecule has 0 saturated carbocycles. The van der Waals surface area contributed by atoms with Gasteiger partial charge in [0, 0.05) is 6.04 Å². The van der Waals surface area contributed by atoms with Crippen LogP contribution in [0.5, 0.6) is 5.75 Å². The first-order valence-corrected chi connectivity index (χ1v) is 5.71. The van der Waals surface area contributed by atoms with Crippen molar-refractivity contribution < 1.29 is 14.6 Å². The van der Waals surface area contributed by atoms with Gasteiger partial charge < -0.3 is 15.6 Å². The van der Waals surface area contributed by atoms with Gasteiger partial charge in [0.05, 0.1) is 18.6 Å². The van der Waals surface area contributed by atoms with E-state index in [1.807, 2.05) is 6.92 Å². The lowest BCUT2D eigenvalue weighted by Gasteiger charge is -2.16. The largest absolute Gasteiger partial charge is 0.495 e. The van der Waals surface area contributed by atoms with Crippen molar-refractivity contribution in [2.75, 3.05) is 7.11 Å². The molecule has 17 heavy (non-hydrogen) atoms. The molecule has 3 N–H and O–H groups in total. The number of hydrogen-bond acceptors (Lipinski definition) is 3. The Morgan fingerprint density at radius 1 is 1.59 bits per heavy atom. The van der Waals surface area contributed by atoms with Gasteiger partial charge >= 0.3 is 5.97 Å². The van der Waals surface area contributed by atoms with E-state index in [0.717, 1.165) is 17.5 Å². The number of nitrogens with two attached hydrogens (primary N) is 1. The number of hydrogen-bond donors (Lipinski definition) is 2. The number of halogens is 1. The molecular formula is C12H16ClNO3. The average molecular weight is 258 g/mol. The van der Waals surface area contributed by atoms with Crippen molar-refractivity contribution in [2.45, 2.75) is 25.8 Å². The number of methoxy groups -OCH3 is 1. The van der Waals surface area contributed by atoms with Gasteiger partial charge in [0.1, 0.15) is 5.75 Å². The maximum absolute atomic E-state index is 10.7. The van der Waals surface area contributed by atoms with Crippen molar-refractivity contribution in [3.8, 4) is 5.75 Å². The number of rotatable bonds is 5. The van der Waals surface area contributed by atoms with E-state index < -0.39 is 12.0 Å². The second kappa shape index (κ2) is 5.89. The Balaban J connectivity index is 3.13. The fourth-order valence-corrected chi connectivity index (χ4v) is 1.97. The highest BCUT2D eigenvalue weighted by atomic mass is 35.5. The van der Waals surface area contributed by atoms with E-state index in [1.165, 1.54) is 7.11 Å². The molecule has 0 amide bonds. The third kappa shape index (κ3) is 3.35. The molecule has 0 radical (unpaired) electrons. The summed E-state index contributed by atoms with van der Waals surface area (Å²) in [4.78, 5) is 10.7. The quantitative estimate of drug-likeness (QED) is 0.850. The van der Waals surface area contributed by atoms with Crippen LogP contribution in [0, 0.1) is 0 Å². The normalized spacial score (nSPS) is 12.2. The molecule has 94 valence electrons. The molecular weight excluding hydrogens is 242 g/mol. The van der Waals surface area contributed by atoms with E-state index >= 15 is 0 Å². The topological polar surface area (TPSA) is 72.5 Å². The first-order chi connectivity index (χ1) is 7.99. The van der Waals surface area contributed by atoms with Crippen LogP contribution >= 0.6 is 11.6 Å². The molecule has 1 aromatic rings. The number of aliphatic carboxylic acids is 1. The summed E-state index contributed by atoms with van der Waals surface area (Å²) in [7, 11) is 1.54. The Morgan fingerprint density at radius 2 is 2.24 bits per heavy atom. The van der Waals surface area contributed by atoms with Gasteiger partial charge in [0.15, 0.2) is 0 Å². The van der Waals surface area contributed by atoms with E-state index in [-0.39, 0.29) is 6.42 Å². The number of carbonyl (C=O) groups is 1. The molecule has 0 bridgehead atoms. The average Bonchev–Trinajstić information content (AvgIpc) is 2.27. The minimum atomic E-state index is -0.925. The molecule has 0 aliphatic heterocycles.